The Labute approximate surface area is 105 Å². The van der Waals surface area contributed by atoms with Crippen molar-refractivity contribution in [2.75, 3.05) is 20.6 Å². The summed E-state index contributed by atoms with van der Waals surface area (Å²) in [6, 6.07) is 5.99. The van der Waals surface area contributed by atoms with Crippen molar-refractivity contribution in [3.63, 3.8) is 0 Å². The van der Waals surface area contributed by atoms with E-state index in [2.05, 4.69) is 45.0 Å². The number of hydrogen-bond acceptors (Lipinski definition) is 2. The van der Waals surface area contributed by atoms with Crippen molar-refractivity contribution < 1.29 is 5.11 Å². The van der Waals surface area contributed by atoms with Crippen molar-refractivity contribution in [1.29, 1.82) is 0 Å². The number of phenols is 1. The second-order valence-corrected chi connectivity index (χ2v) is 5.30. The van der Waals surface area contributed by atoms with Gasteiger partial charge in [-0.3, -0.25) is 0 Å². The van der Waals surface area contributed by atoms with E-state index in [-0.39, 0.29) is 0 Å². The Balaban J connectivity index is 2.89. The number of aromatic hydroxyl groups is 1. The average molecular weight is 235 g/mol. The molecular formula is C15H25NO. The van der Waals surface area contributed by atoms with Gasteiger partial charge in [-0.1, -0.05) is 26.0 Å². The summed E-state index contributed by atoms with van der Waals surface area (Å²) in [5.74, 6) is 1.58. The van der Waals surface area contributed by atoms with Gasteiger partial charge in [0.1, 0.15) is 5.75 Å². The fourth-order valence-corrected chi connectivity index (χ4v) is 2.58. The van der Waals surface area contributed by atoms with Crippen LogP contribution in [0, 0.1) is 12.8 Å². The highest BCUT2D eigenvalue weighted by molar-refractivity contribution is 5.36. The Morgan fingerprint density at radius 3 is 2.41 bits per heavy atom. The molecular weight excluding hydrogens is 210 g/mol. The topological polar surface area (TPSA) is 23.5 Å². The molecule has 0 spiro atoms. The normalized spacial score (nSPS) is 14.9. The van der Waals surface area contributed by atoms with Gasteiger partial charge in [0.05, 0.1) is 0 Å². The summed E-state index contributed by atoms with van der Waals surface area (Å²) in [7, 11) is 4.23. The van der Waals surface area contributed by atoms with Crippen LogP contribution in [0.25, 0.3) is 0 Å². The van der Waals surface area contributed by atoms with Crippen molar-refractivity contribution in [3.8, 4) is 5.75 Å². The van der Waals surface area contributed by atoms with Gasteiger partial charge in [0.2, 0.25) is 0 Å². The van der Waals surface area contributed by atoms with Crippen molar-refractivity contribution in [1.82, 2.24) is 4.90 Å². The lowest BCUT2D eigenvalue weighted by Crippen LogP contribution is -2.24. The van der Waals surface area contributed by atoms with Crippen LogP contribution in [0.2, 0.25) is 0 Å². The Hall–Kier alpha value is -1.02. The molecule has 0 aliphatic rings. The zero-order chi connectivity index (χ0) is 13.0. The molecule has 1 N–H and O–H groups in total. The Kier molecular flexibility index (Phi) is 5.01. The van der Waals surface area contributed by atoms with Crippen LogP contribution in [0.15, 0.2) is 18.2 Å². The summed E-state index contributed by atoms with van der Waals surface area (Å²) in [5, 5.41) is 9.57. The lowest BCUT2D eigenvalue weighted by molar-refractivity contribution is 0.301. The SMILES string of the molecule is CCC(c1ccc(O)c(C)c1)C(C)CN(C)C. The van der Waals surface area contributed by atoms with E-state index in [0.717, 1.165) is 18.5 Å². The molecule has 17 heavy (non-hydrogen) atoms. The second-order valence-electron chi connectivity index (χ2n) is 5.30. The van der Waals surface area contributed by atoms with Gasteiger partial charge in [-0.25, -0.2) is 0 Å². The first-order valence-corrected chi connectivity index (χ1v) is 6.40. The number of aryl methyl sites for hydroxylation is 1. The largest absolute Gasteiger partial charge is 0.508 e. The summed E-state index contributed by atoms with van der Waals surface area (Å²) < 4.78 is 0. The molecule has 0 aliphatic carbocycles. The molecule has 0 radical (unpaired) electrons. The molecule has 1 rings (SSSR count). The molecule has 0 bridgehead atoms. The van der Waals surface area contributed by atoms with E-state index >= 15 is 0 Å². The predicted octanol–water partition coefficient (Wildman–Crippen LogP) is 3.39. The maximum Gasteiger partial charge on any atom is 0.118 e. The van der Waals surface area contributed by atoms with E-state index in [1.165, 1.54) is 5.56 Å². The van der Waals surface area contributed by atoms with Crippen LogP contribution in [-0.2, 0) is 0 Å². The molecule has 0 fully saturated rings. The molecule has 0 heterocycles. The van der Waals surface area contributed by atoms with Crippen molar-refractivity contribution in [2.45, 2.75) is 33.1 Å². The van der Waals surface area contributed by atoms with Gasteiger partial charge in [-0.05, 0) is 56.5 Å². The maximum atomic E-state index is 9.57. The minimum Gasteiger partial charge on any atom is -0.508 e. The summed E-state index contributed by atoms with van der Waals surface area (Å²) in [6.07, 6.45) is 1.14. The number of nitrogens with zero attached hydrogens (tertiary/aromatic N) is 1. The van der Waals surface area contributed by atoms with E-state index in [4.69, 9.17) is 0 Å². The van der Waals surface area contributed by atoms with Crippen LogP contribution in [0.5, 0.6) is 5.75 Å². The standard InChI is InChI=1S/C15H25NO/c1-6-14(12(3)10-16(4)5)13-7-8-15(17)11(2)9-13/h7-9,12,14,17H,6,10H2,1-5H3. The van der Waals surface area contributed by atoms with Crippen molar-refractivity contribution in [2.24, 2.45) is 5.92 Å². The minimum absolute atomic E-state index is 0.392. The number of hydrogen-bond donors (Lipinski definition) is 1. The van der Waals surface area contributed by atoms with Gasteiger partial charge in [0.25, 0.3) is 0 Å². The van der Waals surface area contributed by atoms with Crippen LogP contribution in [0.3, 0.4) is 0 Å². The van der Waals surface area contributed by atoms with E-state index < -0.39 is 0 Å². The first-order chi connectivity index (χ1) is 7.95. The highest BCUT2D eigenvalue weighted by Gasteiger charge is 2.18. The van der Waals surface area contributed by atoms with Crippen LogP contribution < -0.4 is 0 Å². The van der Waals surface area contributed by atoms with Gasteiger partial charge in [0.15, 0.2) is 0 Å². The van der Waals surface area contributed by atoms with E-state index in [0.29, 0.717) is 17.6 Å². The first-order valence-electron chi connectivity index (χ1n) is 6.40. The quantitative estimate of drug-likeness (QED) is 0.845. The van der Waals surface area contributed by atoms with Crippen molar-refractivity contribution >= 4 is 0 Å². The molecule has 0 amide bonds. The number of rotatable bonds is 5. The third-order valence-corrected chi connectivity index (χ3v) is 3.43. The number of benzene rings is 1. The molecule has 2 nitrogen and oxygen atoms in total. The molecule has 2 atom stereocenters. The van der Waals surface area contributed by atoms with Crippen molar-refractivity contribution in [3.05, 3.63) is 29.3 Å². The monoisotopic (exact) mass is 235 g/mol. The van der Waals surface area contributed by atoms with Gasteiger partial charge < -0.3 is 10.0 Å². The molecule has 2 unspecified atom stereocenters. The molecule has 96 valence electrons. The fourth-order valence-electron chi connectivity index (χ4n) is 2.58. The summed E-state index contributed by atoms with van der Waals surface area (Å²) in [4.78, 5) is 2.24. The fraction of sp³-hybridized carbons (Fsp3) is 0.600. The third-order valence-electron chi connectivity index (χ3n) is 3.43. The number of phenolic OH excluding ortho intramolecular Hbond substituents is 1. The third kappa shape index (κ3) is 3.74. The molecule has 0 saturated carbocycles. The highest BCUT2D eigenvalue weighted by Crippen LogP contribution is 2.30. The smallest absolute Gasteiger partial charge is 0.118 e. The lowest BCUT2D eigenvalue weighted by Gasteiger charge is -2.26. The van der Waals surface area contributed by atoms with E-state index in [1.54, 1.807) is 0 Å². The van der Waals surface area contributed by atoms with Gasteiger partial charge in [0, 0.05) is 6.54 Å². The Morgan fingerprint density at radius 2 is 1.94 bits per heavy atom. The van der Waals surface area contributed by atoms with Crippen LogP contribution in [0.1, 0.15) is 37.3 Å². The molecule has 1 aromatic rings. The highest BCUT2D eigenvalue weighted by atomic mass is 16.3. The summed E-state index contributed by atoms with van der Waals surface area (Å²) >= 11 is 0. The van der Waals surface area contributed by atoms with E-state index in [1.807, 2.05) is 13.0 Å². The Morgan fingerprint density at radius 1 is 1.29 bits per heavy atom. The summed E-state index contributed by atoms with van der Waals surface area (Å²) in [6.45, 7) is 7.59. The second kappa shape index (κ2) is 6.06. The van der Waals surface area contributed by atoms with Crippen LogP contribution in [0.4, 0.5) is 0 Å². The molecule has 0 aromatic heterocycles. The first kappa shape index (κ1) is 14.0. The zero-order valence-corrected chi connectivity index (χ0v) is 11.7. The maximum absolute atomic E-state index is 9.57. The average Bonchev–Trinajstić information content (AvgIpc) is 2.23. The van der Waals surface area contributed by atoms with Gasteiger partial charge >= 0.3 is 0 Å². The lowest BCUT2D eigenvalue weighted by atomic mass is 9.84. The predicted molar refractivity (Wildman–Crippen MR) is 73.6 cm³/mol. The Bertz CT molecular complexity index is 360. The van der Waals surface area contributed by atoms with E-state index in [9.17, 15) is 5.11 Å². The zero-order valence-electron chi connectivity index (χ0n) is 11.7. The minimum atomic E-state index is 0.392. The van der Waals surface area contributed by atoms with Gasteiger partial charge in [-0.15, -0.1) is 0 Å². The van der Waals surface area contributed by atoms with Crippen LogP contribution >= 0.6 is 0 Å². The molecule has 1 aromatic carbocycles. The molecule has 0 aliphatic heterocycles. The summed E-state index contributed by atoms with van der Waals surface area (Å²) in [5.41, 5.74) is 2.31. The molecule has 2 heteroatoms. The van der Waals surface area contributed by atoms with Gasteiger partial charge in [-0.2, -0.15) is 0 Å². The van der Waals surface area contributed by atoms with Crippen LogP contribution in [-0.4, -0.2) is 30.6 Å². The molecule has 0 saturated heterocycles.